The zero-order valence-corrected chi connectivity index (χ0v) is 44.0. The van der Waals surface area contributed by atoms with Crippen LogP contribution in [0.3, 0.4) is 0 Å². The van der Waals surface area contributed by atoms with Gasteiger partial charge in [-0.2, -0.15) is 0 Å². The monoisotopic (exact) mass is 966 g/mol. The van der Waals surface area contributed by atoms with E-state index in [1.54, 1.807) is 6.08 Å². The second-order valence-corrected chi connectivity index (χ2v) is 20.0. The first-order valence-electron chi connectivity index (χ1n) is 28.6. The summed E-state index contributed by atoms with van der Waals surface area (Å²) >= 11 is 0. The molecule has 1 aliphatic rings. The number of amides is 1. The van der Waals surface area contributed by atoms with E-state index in [1.807, 2.05) is 6.08 Å². The maximum Gasteiger partial charge on any atom is 0.306 e. The predicted octanol–water partition coefficient (Wildman–Crippen LogP) is 12.6. The van der Waals surface area contributed by atoms with E-state index in [-0.39, 0.29) is 13.0 Å². The number of allylic oxidation sites excluding steroid dienone is 3. The number of carbonyl (C=O) groups is 2. The second kappa shape index (κ2) is 46.2. The molecule has 1 amide bonds. The van der Waals surface area contributed by atoms with Crippen LogP contribution < -0.4 is 5.32 Å². The zero-order chi connectivity index (χ0) is 49.7. The fourth-order valence-corrected chi connectivity index (χ4v) is 9.00. The van der Waals surface area contributed by atoms with Gasteiger partial charge in [-0.05, 0) is 51.4 Å². The van der Waals surface area contributed by atoms with Crippen LogP contribution in [0.4, 0.5) is 0 Å². The van der Waals surface area contributed by atoms with Crippen LogP contribution in [0.15, 0.2) is 24.3 Å². The van der Waals surface area contributed by atoms with E-state index in [4.69, 9.17) is 14.2 Å². The van der Waals surface area contributed by atoms with Crippen molar-refractivity contribution < 1.29 is 49.3 Å². The van der Waals surface area contributed by atoms with E-state index in [0.29, 0.717) is 19.3 Å². The Hall–Kier alpha value is -1.86. The molecule has 400 valence electrons. The van der Waals surface area contributed by atoms with Crippen molar-refractivity contribution in [3.8, 4) is 0 Å². The van der Waals surface area contributed by atoms with Crippen LogP contribution in [-0.2, 0) is 23.8 Å². The highest BCUT2D eigenvalue weighted by atomic mass is 16.7. The maximum atomic E-state index is 13.4. The van der Waals surface area contributed by atoms with Crippen LogP contribution in [0, 0.1) is 0 Å². The van der Waals surface area contributed by atoms with Gasteiger partial charge in [0.2, 0.25) is 5.91 Å². The number of aliphatic hydroxyl groups excluding tert-OH is 5. The molecule has 1 fully saturated rings. The molecular formula is C57H107NO10. The Balaban J connectivity index is 2.76. The molecule has 11 nitrogen and oxygen atoms in total. The van der Waals surface area contributed by atoms with Crippen molar-refractivity contribution >= 4 is 11.9 Å². The first-order valence-corrected chi connectivity index (χ1v) is 28.6. The number of unbranched alkanes of at least 4 members (excludes halogenated alkanes) is 32. The van der Waals surface area contributed by atoms with E-state index in [2.05, 4.69) is 38.2 Å². The van der Waals surface area contributed by atoms with Crippen molar-refractivity contribution in [1.29, 1.82) is 0 Å². The minimum atomic E-state index is -1.61. The number of esters is 1. The van der Waals surface area contributed by atoms with Gasteiger partial charge in [-0.25, -0.2) is 0 Å². The Morgan fingerprint density at radius 3 is 1.43 bits per heavy atom. The molecule has 1 aliphatic heterocycles. The van der Waals surface area contributed by atoms with Gasteiger partial charge < -0.3 is 45.1 Å². The molecule has 0 bridgehead atoms. The summed E-state index contributed by atoms with van der Waals surface area (Å²) in [7, 11) is 0. The number of carbonyl (C=O) groups excluding carboxylic acids is 2. The molecular weight excluding hydrogens is 859 g/mol. The first-order chi connectivity index (χ1) is 33.2. The van der Waals surface area contributed by atoms with Gasteiger partial charge >= 0.3 is 5.97 Å². The third kappa shape index (κ3) is 34.5. The van der Waals surface area contributed by atoms with Crippen molar-refractivity contribution in [1.82, 2.24) is 5.32 Å². The average Bonchev–Trinajstić information content (AvgIpc) is 3.33. The normalized spacial score (nSPS) is 20.0. The van der Waals surface area contributed by atoms with Crippen molar-refractivity contribution in [2.45, 2.75) is 314 Å². The van der Waals surface area contributed by atoms with Crippen LogP contribution in [-0.4, -0.2) is 99.6 Å². The minimum Gasteiger partial charge on any atom is -0.454 e. The fraction of sp³-hybridized carbons (Fsp3) is 0.895. The Morgan fingerprint density at radius 2 is 0.971 bits per heavy atom. The van der Waals surface area contributed by atoms with E-state index in [1.165, 1.54) is 154 Å². The molecule has 8 unspecified atom stereocenters. The van der Waals surface area contributed by atoms with Crippen molar-refractivity contribution in [2.24, 2.45) is 0 Å². The molecule has 1 rings (SSSR count). The summed E-state index contributed by atoms with van der Waals surface area (Å²) in [6.07, 6.45) is 40.8. The second-order valence-electron chi connectivity index (χ2n) is 20.0. The lowest BCUT2D eigenvalue weighted by molar-refractivity contribution is -0.305. The third-order valence-electron chi connectivity index (χ3n) is 13.6. The lowest BCUT2D eigenvalue weighted by Gasteiger charge is -2.41. The Labute approximate surface area is 416 Å². The summed E-state index contributed by atoms with van der Waals surface area (Å²) in [6.45, 7) is 5.77. The van der Waals surface area contributed by atoms with E-state index >= 15 is 0 Å². The van der Waals surface area contributed by atoms with E-state index < -0.39 is 67.4 Å². The molecule has 68 heavy (non-hydrogen) atoms. The number of nitrogens with one attached hydrogen (secondary N) is 1. The van der Waals surface area contributed by atoms with Gasteiger partial charge in [-0.1, -0.05) is 231 Å². The predicted molar refractivity (Wildman–Crippen MR) is 278 cm³/mol. The third-order valence-corrected chi connectivity index (χ3v) is 13.6. The fourth-order valence-electron chi connectivity index (χ4n) is 9.00. The standard InChI is InChI=1S/C57H107NO10/c1-4-7-10-13-16-19-22-25-28-31-34-37-40-43-49(60)48(58-56(65)50(61)44-41-38-35-32-29-26-23-20-17-14-11-8-5-2)47-66-57-55(54(64)53(63)51(46-59)67-57)68-52(62)45-42-39-36-33-30-27-24-21-18-15-12-9-6-3/h27,30,40,43,48-51,53-55,57,59-61,63-64H,4-26,28-29,31-39,41-42,44-47H2,1-3H3,(H,58,65)/b30-27-,43-40+. The van der Waals surface area contributed by atoms with Gasteiger partial charge in [-0.3, -0.25) is 9.59 Å². The smallest absolute Gasteiger partial charge is 0.306 e. The SMILES string of the molecule is CCCCCCCC/C=C\CCCCCC(=O)OC1C(OCC(NC(=O)C(O)CCCCCCCCCCCCCCC)C(O)/C=C/CCCCCCCCCCCCC)OC(CO)C(O)C1O. The summed E-state index contributed by atoms with van der Waals surface area (Å²) in [5.41, 5.74) is 0. The van der Waals surface area contributed by atoms with Crippen LogP contribution in [0.1, 0.15) is 265 Å². The van der Waals surface area contributed by atoms with Gasteiger partial charge in [0.05, 0.1) is 25.4 Å². The van der Waals surface area contributed by atoms with Crippen LogP contribution in [0.2, 0.25) is 0 Å². The summed E-state index contributed by atoms with van der Waals surface area (Å²) in [5, 5.41) is 56.7. The summed E-state index contributed by atoms with van der Waals surface area (Å²) < 4.78 is 17.5. The highest BCUT2D eigenvalue weighted by Crippen LogP contribution is 2.26. The lowest BCUT2D eigenvalue weighted by Crippen LogP contribution is -2.61. The molecule has 8 atom stereocenters. The molecule has 0 aromatic carbocycles. The van der Waals surface area contributed by atoms with Crippen LogP contribution in [0.5, 0.6) is 0 Å². The van der Waals surface area contributed by atoms with Crippen molar-refractivity contribution in [2.75, 3.05) is 13.2 Å². The van der Waals surface area contributed by atoms with E-state index in [9.17, 15) is 35.1 Å². The Bertz CT molecular complexity index is 1200. The number of ether oxygens (including phenoxy) is 3. The van der Waals surface area contributed by atoms with Crippen molar-refractivity contribution in [3.05, 3.63) is 24.3 Å². The molecule has 0 radical (unpaired) electrons. The summed E-state index contributed by atoms with van der Waals surface area (Å²) in [6, 6.07) is -1.02. The maximum absolute atomic E-state index is 13.4. The van der Waals surface area contributed by atoms with Crippen molar-refractivity contribution in [3.63, 3.8) is 0 Å². The molecule has 0 aromatic heterocycles. The Kier molecular flexibility index (Phi) is 43.6. The number of hydrogen-bond acceptors (Lipinski definition) is 10. The molecule has 0 aromatic rings. The highest BCUT2D eigenvalue weighted by molar-refractivity contribution is 5.80. The molecule has 0 saturated carbocycles. The molecule has 1 saturated heterocycles. The first kappa shape index (κ1) is 64.2. The van der Waals surface area contributed by atoms with E-state index in [0.717, 1.165) is 64.2 Å². The van der Waals surface area contributed by atoms with Gasteiger partial charge in [-0.15, -0.1) is 0 Å². The molecule has 0 spiro atoms. The van der Waals surface area contributed by atoms with Crippen LogP contribution >= 0.6 is 0 Å². The minimum absolute atomic E-state index is 0.107. The molecule has 11 heteroatoms. The molecule has 6 N–H and O–H groups in total. The number of hydrogen-bond donors (Lipinski definition) is 6. The zero-order valence-electron chi connectivity index (χ0n) is 44.0. The largest absolute Gasteiger partial charge is 0.454 e. The lowest BCUT2D eigenvalue weighted by atomic mass is 9.99. The summed E-state index contributed by atoms with van der Waals surface area (Å²) in [5.74, 6) is -1.20. The molecule has 1 heterocycles. The topological polar surface area (TPSA) is 175 Å². The number of rotatable bonds is 48. The summed E-state index contributed by atoms with van der Waals surface area (Å²) in [4.78, 5) is 26.4. The van der Waals surface area contributed by atoms with Gasteiger partial charge in [0, 0.05) is 6.42 Å². The highest BCUT2D eigenvalue weighted by Gasteiger charge is 2.47. The number of aliphatic hydroxyl groups is 5. The van der Waals surface area contributed by atoms with Gasteiger partial charge in [0.25, 0.3) is 0 Å². The quantitative estimate of drug-likeness (QED) is 0.0196. The van der Waals surface area contributed by atoms with Gasteiger partial charge in [0.15, 0.2) is 12.4 Å². The van der Waals surface area contributed by atoms with Gasteiger partial charge in [0.1, 0.15) is 24.4 Å². The Morgan fingerprint density at radius 1 is 0.559 bits per heavy atom. The average molecular weight is 966 g/mol. The molecule has 0 aliphatic carbocycles. The van der Waals surface area contributed by atoms with Crippen LogP contribution in [0.25, 0.3) is 0 Å².